The van der Waals surface area contributed by atoms with Crippen molar-refractivity contribution in [3.05, 3.63) is 42.2 Å². The number of aromatic nitrogens is 2. The predicted molar refractivity (Wildman–Crippen MR) is 85.6 cm³/mol. The molecule has 2 aromatic rings. The largest absolute Gasteiger partial charge is 0.497 e. The van der Waals surface area contributed by atoms with Crippen molar-refractivity contribution in [3.8, 4) is 11.5 Å². The number of nitrogens with zero attached hydrogens (tertiary/aromatic N) is 2. The number of likely N-dealkylation sites (tertiary alicyclic amines) is 1. The zero-order valence-electron chi connectivity index (χ0n) is 13.2. The van der Waals surface area contributed by atoms with Crippen LogP contribution >= 0.6 is 0 Å². The lowest BCUT2D eigenvalue weighted by Gasteiger charge is -2.32. The Kier molecular flexibility index (Phi) is 4.80. The van der Waals surface area contributed by atoms with Gasteiger partial charge in [-0.2, -0.15) is 5.10 Å². The highest BCUT2D eigenvalue weighted by Gasteiger charge is 2.25. The SMILES string of the molecule is COc1ccc(OCC(=O)N2CCC[C@H](c3ccn[nH]3)C2)cc1. The van der Waals surface area contributed by atoms with Crippen LogP contribution in [0.1, 0.15) is 24.5 Å². The van der Waals surface area contributed by atoms with Gasteiger partial charge in [0, 0.05) is 30.9 Å². The maximum absolute atomic E-state index is 12.4. The molecule has 2 heterocycles. The van der Waals surface area contributed by atoms with Crippen molar-refractivity contribution in [1.82, 2.24) is 15.1 Å². The van der Waals surface area contributed by atoms with Crippen molar-refractivity contribution in [2.45, 2.75) is 18.8 Å². The molecule has 1 aliphatic heterocycles. The molecule has 122 valence electrons. The van der Waals surface area contributed by atoms with E-state index in [0.717, 1.165) is 30.8 Å². The number of amides is 1. The lowest BCUT2D eigenvalue weighted by Crippen LogP contribution is -2.41. The molecule has 0 saturated carbocycles. The molecule has 0 bridgehead atoms. The summed E-state index contributed by atoms with van der Waals surface area (Å²) in [5.74, 6) is 1.78. The summed E-state index contributed by atoms with van der Waals surface area (Å²) in [6, 6.07) is 9.21. The van der Waals surface area contributed by atoms with Crippen LogP contribution in [-0.2, 0) is 4.79 Å². The monoisotopic (exact) mass is 315 g/mol. The number of methoxy groups -OCH3 is 1. The third-order valence-electron chi connectivity index (χ3n) is 4.16. The summed E-state index contributed by atoms with van der Waals surface area (Å²) in [6.07, 6.45) is 3.83. The van der Waals surface area contributed by atoms with Gasteiger partial charge in [0.2, 0.25) is 0 Å². The maximum atomic E-state index is 12.4. The third kappa shape index (κ3) is 3.83. The first-order valence-corrected chi connectivity index (χ1v) is 7.80. The normalized spacial score (nSPS) is 17.8. The Morgan fingerprint density at radius 3 is 2.78 bits per heavy atom. The van der Waals surface area contributed by atoms with Gasteiger partial charge in [0.15, 0.2) is 6.61 Å². The van der Waals surface area contributed by atoms with Crippen LogP contribution in [0, 0.1) is 0 Å². The second-order valence-corrected chi connectivity index (χ2v) is 5.66. The van der Waals surface area contributed by atoms with Gasteiger partial charge in [-0.15, -0.1) is 0 Å². The summed E-state index contributed by atoms with van der Waals surface area (Å²) in [4.78, 5) is 14.2. The van der Waals surface area contributed by atoms with E-state index in [-0.39, 0.29) is 12.5 Å². The van der Waals surface area contributed by atoms with E-state index in [0.29, 0.717) is 18.2 Å². The van der Waals surface area contributed by atoms with Gasteiger partial charge in [0.05, 0.1) is 7.11 Å². The Morgan fingerprint density at radius 1 is 1.30 bits per heavy atom. The van der Waals surface area contributed by atoms with Gasteiger partial charge in [-0.05, 0) is 43.2 Å². The summed E-state index contributed by atoms with van der Waals surface area (Å²) in [7, 11) is 1.62. The minimum Gasteiger partial charge on any atom is -0.497 e. The molecule has 1 amide bonds. The fourth-order valence-corrected chi connectivity index (χ4v) is 2.86. The van der Waals surface area contributed by atoms with E-state index in [1.54, 1.807) is 25.4 Å². The molecule has 1 fully saturated rings. The fourth-order valence-electron chi connectivity index (χ4n) is 2.86. The molecule has 3 rings (SSSR count). The van der Waals surface area contributed by atoms with Gasteiger partial charge in [0.1, 0.15) is 11.5 Å². The quantitative estimate of drug-likeness (QED) is 0.918. The number of piperidine rings is 1. The molecule has 1 aromatic heterocycles. The Morgan fingerprint density at radius 2 is 2.09 bits per heavy atom. The van der Waals surface area contributed by atoms with E-state index in [1.165, 1.54) is 0 Å². The number of carbonyl (C=O) groups excluding carboxylic acids is 1. The third-order valence-corrected chi connectivity index (χ3v) is 4.16. The summed E-state index contributed by atoms with van der Waals surface area (Å²) in [6.45, 7) is 1.56. The van der Waals surface area contributed by atoms with Crippen LogP contribution in [0.4, 0.5) is 0 Å². The fraction of sp³-hybridized carbons (Fsp3) is 0.412. The zero-order valence-corrected chi connectivity index (χ0v) is 13.2. The van der Waals surface area contributed by atoms with Crippen molar-refractivity contribution in [2.75, 3.05) is 26.8 Å². The molecular weight excluding hydrogens is 294 g/mol. The number of benzene rings is 1. The standard InChI is InChI=1S/C17H21N3O3/c1-22-14-4-6-15(7-5-14)23-12-17(21)20-10-2-3-13(11-20)16-8-9-18-19-16/h4-9,13H,2-3,10-12H2,1H3,(H,18,19)/t13-/m0/s1. The number of hydrogen-bond donors (Lipinski definition) is 1. The van der Waals surface area contributed by atoms with Crippen molar-refractivity contribution in [3.63, 3.8) is 0 Å². The molecule has 23 heavy (non-hydrogen) atoms. The van der Waals surface area contributed by atoms with E-state index in [1.807, 2.05) is 23.1 Å². The average Bonchev–Trinajstić information content (AvgIpc) is 3.15. The highest BCUT2D eigenvalue weighted by molar-refractivity contribution is 5.78. The number of ether oxygens (including phenoxy) is 2. The van der Waals surface area contributed by atoms with E-state index in [4.69, 9.17) is 9.47 Å². The molecule has 1 aliphatic rings. The molecule has 0 spiro atoms. The molecule has 1 N–H and O–H groups in total. The highest BCUT2D eigenvalue weighted by atomic mass is 16.5. The average molecular weight is 315 g/mol. The molecule has 1 saturated heterocycles. The minimum atomic E-state index is 0.0185. The first-order valence-electron chi connectivity index (χ1n) is 7.80. The number of nitrogens with one attached hydrogen (secondary N) is 1. The van der Waals surface area contributed by atoms with Gasteiger partial charge in [-0.1, -0.05) is 0 Å². The number of aromatic amines is 1. The minimum absolute atomic E-state index is 0.0185. The maximum Gasteiger partial charge on any atom is 0.260 e. The van der Waals surface area contributed by atoms with Crippen LogP contribution in [0.2, 0.25) is 0 Å². The molecular formula is C17H21N3O3. The first-order chi connectivity index (χ1) is 11.3. The van der Waals surface area contributed by atoms with Crippen LogP contribution < -0.4 is 9.47 Å². The number of carbonyl (C=O) groups is 1. The molecule has 6 nitrogen and oxygen atoms in total. The molecule has 0 aliphatic carbocycles. The van der Waals surface area contributed by atoms with Gasteiger partial charge >= 0.3 is 0 Å². The van der Waals surface area contributed by atoms with E-state index >= 15 is 0 Å². The number of rotatable bonds is 5. The number of H-pyrrole nitrogens is 1. The lowest BCUT2D eigenvalue weighted by atomic mass is 9.95. The Bertz CT molecular complexity index is 625. The van der Waals surface area contributed by atoms with Crippen molar-refractivity contribution in [1.29, 1.82) is 0 Å². The van der Waals surface area contributed by atoms with E-state index in [9.17, 15) is 4.79 Å². The van der Waals surface area contributed by atoms with Gasteiger partial charge < -0.3 is 14.4 Å². The van der Waals surface area contributed by atoms with Gasteiger partial charge in [0.25, 0.3) is 5.91 Å². The van der Waals surface area contributed by atoms with E-state index < -0.39 is 0 Å². The Hall–Kier alpha value is -2.50. The molecule has 0 radical (unpaired) electrons. The van der Waals surface area contributed by atoms with Crippen molar-refractivity contribution >= 4 is 5.91 Å². The summed E-state index contributed by atoms with van der Waals surface area (Å²) >= 11 is 0. The topological polar surface area (TPSA) is 67.5 Å². The summed E-state index contributed by atoms with van der Waals surface area (Å²) in [5, 5.41) is 7.00. The van der Waals surface area contributed by atoms with Crippen molar-refractivity contribution in [2.24, 2.45) is 0 Å². The van der Waals surface area contributed by atoms with Crippen LogP contribution in [0.5, 0.6) is 11.5 Å². The van der Waals surface area contributed by atoms with Crippen LogP contribution in [0.25, 0.3) is 0 Å². The lowest BCUT2D eigenvalue weighted by molar-refractivity contribution is -0.134. The zero-order chi connectivity index (χ0) is 16.1. The number of hydrogen-bond acceptors (Lipinski definition) is 4. The first kappa shape index (κ1) is 15.4. The smallest absolute Gasteiger partial charge is 0.260 e. The Balaban J connectivity index is 1.53. The molecule has 1 atom stereocenters. The molecule has 6 heteroatoms. The van der Waals surface area contributed by atoms with E-state index in [2.05, 4.69) is 10.2 Å². The molecule has 1 aromatic carbocycles. The second-order valence-electron chi connectivity index (χ2n) is 5.66. The predicted octanol–water partition coefficient (Wildman–Crippen LogP) is 2.20. The van der Waals surface area contributed by atoms with Crippen molar-refractivity contribution < 1.29 is 14.3 Å². The van der Waals surface area contributed by atoms with Crippen LogP contribution in [0.3, 0.4) is 0 Å². The summed E-state index contributed by atoms with van der Waals surface area (Å²) in [5.41, 5.74) is 1.10. The second kappa shape index (κ2) is 7.17. The van der Waals surface area contributed by atoms with Crippen LogP contribution in [0.15, 0.2) is 36.5 Å². The van der Waals surface area contributed by atoms with Gasteiger partial charge in [-0.25, -0.2) is 0 Å². The van der Waals surface area contributed by atoms with Gasteiger partial charge in [-0.3, -0.25) is 9.89 Å². The Labute approximate surface area is 135 Å². The molecule has 0 unspecified atom stereocenters. The summed E-state index contributed by atoms with van der Waals surface area (Å²) < 4.78 is 10.7. The van der Waals surface area contributed by atoms with Crippen LogP contribution in [-0.4, -0.2) is 47.8 Å². The highest BCUT2D eigenvalue weighted by Crippen LogP contribution is 2.25.